The molecule has 72 valence electrons. The first kappa shape index (κ1) is 9.62. The van der Waals surface area contributed by atoms with Crippen molar-refractivity contribution in [2.24, 2.45) is 0 Å². The van der Waals surface area contributed by atoms with Crippen LogP contribution >= 0.6 is 27.5 Å². The molecule has 1 aromatic heterocycles. The zero-order valence-corrected chi connectivity index (χ0v) is 9.47. The molecular weight excluding hydrogens is 265 g/mol. The summed E-state index contributed by atoms with van der Waals surface area (Å²) >= 11 is 9.25. The normalized spacial score (nSPS) is 10.4. The summed E-state index contributed by atoms with van der Waals surface area (Å²) in [6.45, 7) is 0. The number of hydrogen-bond donors (Lipinski definition) is 1. The van der Waals surface area contributed by atoms with E-state index in [-0.39, 0.29) is 0 Å². The Hall–Kier alpha value is -0.930. The van der Waals surface area contributed by atoms with Gasteiger partial charge in [0.2, 0.25) is 0 Å². The highest BCUT2D eigenvalue weighted by Gasteiger charge is 2.07. The molecule has 0 saturated heterocycles. The van der Waals surface area contributed by atoms with Gasteiger partial charge in [-0.15, -0.1) is 0 Å². The van der Waals surface area contributed by atoms with Crippen LogP contribution in [0.25, 0.3) is 11.3 Å². The Bertz CT molecular complexity index is 467. The number of halogens is 2. The fraction of sp³-hybridized carbons (Fsp3) is 0. The van der Waals surface area contributed by atoms with Crippen molar-refractivity contribution in [3.63, 3.8) is 0 Å². The van der Waals surface area contributed by atoms with E-state index in [0.717, 1.165) is 11.3 Å². The summed E-state index contributed by atoms with van der Waals surface area (Å²) in [6.07, 6.45) is 0. The van der Waals surface area contributed by atoms with Crippen LogP contribution in [0.4, 0.5) is 5.69 Å². The summed E-state index contributed by atoms with van der Waals surface area (Å²) < 4.78 is 6.06. The molecule has 0 amide bonds. The highest BCUT2D eigenvalue weighted by molar-refractivity contribution is 9.10. The van der Waals surface area contributed by atoms with Crippen molar-refractivity contribution in [3.05, 3.63) is 40.0 Å². The summed E-state index contributed by atoms with van der Waals surface area (Å²) in [5.74, 6) is 0.724. The van der Waals surface area contributed by atoms with Gasteiger partial charge in [0.1, 0.15) is 5.76 Å². The molecule has 0 fully saturated rings. The molecule has 4 heteroatoms. The van der Waals surface area contributed by atoms with E-state index in [0.29, 0.717) is 15.4 Å². The second-order valence-corrected chi connectivity index (χ2v) is 4.03. The maximum absolute atomic E-state index is 6.02. The van der Waals surface area contributed by atoms with E-state index >= 15 is 0 Å². The monoisotopic (exact) mass is 271 g/mol. The van der Waals surface area contributed by atoms with Crippen LogP contribution in [0.3, 0.4) is 0 Å². The lowest BCUT2D eigenvalue weighted by Gasteiger charge is -2.01. The van der Waals surface area contributed by atoms with Gasteiger partial charge in [-0.1, -0.05) is 11.6 Å². The lowest BCUT2D eigenvalue weighted by atomic mass is 10.1. The fourth-order valence-electron chi connectivity index (χ4n) is 1.19. The third kappa shape index (κ3) is 1.79. The van der Waals surface area contributed by atoms with Crippen LogP contribution in [-0.4, -0.2) is 0 Å². The van der Waals surface area contributed by atoms with Crippen molar-refractivity contribution >= 4 is 33.2 Å². The van der Waals surface area contributed by atoms with Crippen LogP contribution in [0.15, 0.2) is 39.4 Å². The van der Waals surface area contributed by atoms with Crippen molar-refractivity contribution in [3.8, 4) is 11.3 Å². The van der Waals surface area contributed by atoms with E-state index < -0.39 is 0 Å². The Kier molecular flexibility index (Phi) is 2.52. The average molecular weight is 273 g/mol. The Labute approximate surface area is 94.8 Å². The average Bonchev–Trinajstić information content (AvgIpc) is 2.51. The third-order valence-corrected chi connectivity index (χ3v) is 2.57. The summed E-state index contributed by atoms with van der Waals surface area (Å²) in [7, 11) is 0. The van der Waals surface area contributed by atoms with Gasteiger partial charge in [-0.3, -0.25) is 0 Å². The molecule has 0 aliphatic rings. The van der Waals surface area contributed by atoms with E-state index in [1.807, 2.05) is 18.2 Å². The number of benzene rings is 1. The molecule has 0 atom stereocenters. The SMILES string of the molecule is Nc1ccc(-c2ccc(Br)o2)c(Cl)c1. The molecule has 0 unspecified atom stereocenters. The molecule has 2 nitrogen and oxygen atoms in total. The Morgan fingerprint density at radius 2 is 2.00 bits per heavy atom. The molecule has 0 spiro atoms. The lowest BCUT2D eigenvalue weighted by molar-refractivity contribution is 0.556. The van der Waals surface area contributed by atoms with Gasteiger partial charge in [-0.25, -0.2) is 0 Å². The van der Waals surface area contributed by atoms with Gasteiger partial charge >= 0.3 is 0 Å². The van der Waals surface area contributed by atoms with Crippen LogP contribution in [-0.2, 0) is 0 Å². The van der Waals surface area contributed by atoms with Gasteiger partial charge in [-0.2, -0.15) is 0 Å². The van der Waals surface area contributed by atoms with Gasteiger partial charge in [0, 0.05) is 11.3 Å². The summed E-state index contributed by atoms with van der Waals surface area (Å²) in [6, 6.07) is 9.00. The van der Waals surface area contributed by atoms with Crippen molar-refractivity contribution in [2.75, 3.05) is 5.73 Å². The first-order valence-corrected chi connectivity index (χ1v) is 5.14. The minimum absolute atomic E-state index is 0.590. The van der Waals surface area contributed by atoms with E-state index in [4.69, 9.17) is 21.8 Å². The number of nitrogens with two attached hydrogens (primary N) is 1. The zero-order chi connectivity index (χ0) is 10.1. The van der Waals surface area contributed by atoms with E-state index in [2.05, 4.69) is 15.9 Å². The predicted octanol–water partition coefficient (Wildman–Crippen LogP) is 3.94. The van der Waals surface area contributed by atoms with Crippen LogP contribution in [0.5, 0.6) is 0 Å². The number of furan rings is 1. The molecule has 1 heterocycles. The second-order valence-electron chi connectivity index (χ2n) is 2.84. The van der Waals surface area contributed by atoms with Gasteiger partial charge in [-0.05, 0) is 46.3 Å². The zero-order valence-electron chi connectivity index (χ0n) is 7.13. The molecule has 1 aromatic carbocycles. The predicted molar refractivity (Wildman–Crippen MR) is 61.3 cm³/mol. The Morgan fingerprint density at radius 1 is 1.21 bits per heavy atom. The highest BCUT2D eigenvalue weighted by atomic mass is 79.9. The quantitative estimate of drug-likeness (QED) is 0.799. The first-order chi connectivity index (χ1) is 6.66. The number of hydrogen-bond acceptors (Lipinski definition) is 2. The van der Waals surface area contributed by atoms with E-state index in [1.54, 1.807) is 12.1 Å². The topological polar surface area (TPSA) is 39.2 Å². The molecule has 14 heavy (non-hydrogen) atoms. The summed E-state index contributed by atoms with van der Waals surface area (Å²) in [5, 5.41) is 0.590. The maximum atomic E-state index is 6.02. The molecule has 2 rings (SSSR count). The van der Waals surface area contributed by atoms with Crippen molar-refractivity contribution in [1.29, 1.82) is 0 Å². The van der Waals surface area contributed by atoms with E-state index in [1.165, 1.54) is 0 Å². The third-order valence-electron chi connectivity index (χ3n) is 1.83. The summed E-state index contributed by atoms with van der Waals surface area (Å²) in [4.78, 5) is 0. The molecule has 0 radical (unpaired) electrons. The molecular formula is C10H7BrClNO. The smallest absolute Gasteiger partial charge is 0.169 e. The molecule has 2 aromatic rings. The first-order valence-electron chi connectivity index (χ1n) is 3.97. The molecule has 2 N–H and O–H groups in total. The lowest BCUT2D eigenvalue weighted by Crippen LogP contribution is -1.84. The maximum Gasteiger partial charge on any atom is 0.169 e. The van der Waals surface area contributed by atoms with Crippen LogP contribution < -0.4 is 5.73 Å². The highest BCUT2D eigenvalue weighted by Crippen LogP contribution is 2.31. The van der Waals surface area contributed by atoms with Gasteiger partial charge in [0.15, 0.2) is 4.67 Å². The largest absolute Gasteiger partial charge is 0.449 e. The molecule has 0 aliphatic heterocycles. The number of anilines is 1. The standard InChI is InChI=1S/C10H7BrClNO/c11-10-4-3-9(14-10)7-2-1-6(13)5-8(7)12/h1-5H,13H2. The second kappa shape index (κ2) is 3.67. The Balaban J connectivity index is 2.52. The molecule has 0 bridgehead atoms. The molecule has 0 aliphatic carbocycles. The van der Waals surface area contributed by atoms with Gasteiger partial charge in [0.05, 0.1) is 5.02 Å². The van der Waals surface area contributed by atoms with Gasteiger partial charge < -0.3 is 10.2 Å². The number of nitrogen functional groups attached to an aromatic ring is 1. The number of rotatable bonds is 1. The van der Waals surface area contributed by atoms with Crippen molar-refractivity contribution in [2.45, 2.75) is 0 Å². The van der Waals surface area contributed by atoms with Crippen LogP contribution in [0.2, 0.25) is 5.02 Å². The Morgan fingerprint density at radius 3 is 2.57 bits per heavy atom. The minimum atomic E-state index is 0.590. The molecule has 0 saturated carbocycles. The van der Waals surface area contributed by atoms with E-state index in [9.17, 15) is 0 Å². The minimum Gasteiger partial charge on any atom is -0.449 e. The fourth-order valence-corrected chi connectivity index (χ4v) is 1.78. The van der Waals surface area contributed by atoms with Crippen LogP contribution in [0.1, 0.15) is 0 Å². The van der Waals surface area contributed by atoms with Crippen LogP contribution in [0, 0.1) is 0 Å². The van der Waals surface area contributed by atoms with Crippen molar-refractivity contribution in [1.82, 2.24) is 0 Å². The van der Waals surface area contributed by atoms with Gasteiger partial charge in [0.25, 0.3) is 0 Å². The summed E-state index contributed by atoms with van der Waals surface area (Å²) in [5.41, 5.74) is 7.07. The van der Waals surface area contributed by atoms with Crippen molar-refractivity contribution < 1.29 is 4.42 Å².